The zero-order chi connectivity index (χ0) is 34.8. The van der Waals surface area contributed by atoms with Gasteiger partial charge in [0.1, 0.15) is 29.0 Å². The first kappa shape index (κ1) is 34.6. The van der Waals surface area contributed by atoms with Crippen molar-refractivity contribution in [3.63, 3.8) is 0 Å². The number of carbonyl (C=O) groups is 1. The molecule has 0 saturated carbocycles. The Morgan fingerprint density at radius 2 is 1.69 bits per heavy atom. The number of urea groups is 1. The number of nitrogens with one attached hydrogen (secondary N) is 6. The van der Waals surface area contributed by atoms with Crippen LogP contribution in [-0.2, 0) is 0 Å². The number of allylic oxidation sites excluding steroid dienone is 1. The molecular formula is C38H50N8O2. The van der Waals surface area contributed by atoms with Crippen LogP contribution in [0.2, 0.25) is 0 Å². The second-order valence-corrected chi connectivity index (χ2v) is 15.0. The van der Waals surface area contributed by atoms with Gasteiger partial charge in [-0.15, -0.1) is 0 Å². The maximum Gasteiger partial charge on any atom is 0.320 e. The third-order valence-electron chi connectivity index (χ3n) is 9.15. The minimum atomic E-state index is -0.389. The molecular weight excluding hydrogens is 600 g/mol. The topological polar surface area (TPSA) is 142 Å². The minimum Gasteiger partial charge on any atom is -0.484 e. The molecule has 2 heterocycles. The lowest BCUT2D eigenvalue weighted by Crippen LogP contribution is -2.41. The van der Waals surface area contributed by atoms with Crippen molar-refractivity contribution in [1.29, 1.82) is 16.2 Å². The molecule has 3 atom stereocenters. The number of amides is 2. The summed E-state index contributed by atoms with van der Waals surface area (Å²) < 4.78 is 8.16. The smallest absolute Gasteiger partial charge is 0.320 e. The first-order valence-corrected chi connectivity index (χ1v) is 16.6. The van der Waals surface area contributed by atoms with Crippen LogP contribution in [0.1, 0.15) is 82.7 Å². The fraction of sp³-hybridized carbons (Fsp3) is 0.421. The molecule has 2 aromatic carbocycles. The van der Waals surface area contributed by atoms with Crippen LogP contribution in [0.15, 0.2) is 78.8 Å². The highest BCUT2D eigenvalue weighted by atomic mass is 16.5. The monoisotopic (exact) mass is 650 g/mol. The number of fused-ring (bicyclic) bond motifs is 1. The van der Waals surface area contributed by atoms with Gasteiger partial charge in [0.25, 0.3) is 0 Å². The fourth-order valence-corrected chi connectivity index (χ4v) is 6.51. The SMILES string of the molecule is Cc1ccc(N/C(=C\C(=N)C(C)(C)C)NC(=O)N[C@H]2CC[C@@H](Oc3ccc(=N)n(C(=N)[C@@H]4CC(C)(C)CN4C)c3)c3ccccc32)cc1. The van der Waals surface area contributed by atoms with Gasteiger partial charge in [0.05, 0.1) is 18.3 Å². The van der Waals surface area contributed by atoms with Crippen molar-refractivity contribution < 1.29 is 9.53 Å². The van der Waals surface area contributed by atoms with Gasteiger partial charge in [-0.3, -0.25) is 25.6 Å². The van der Waals surface area contributed by atoms with E-state index in [1.807, 2.05) is 83.3 Å². The number of carbonyl (C=O) groups excluding carboxylic acids is 1. The molecule has 1 aromatic heterocycles. The first-order chi connectivity index (χ1) is 22.6. The summed E-state index contributed by atoms with van der Waals surface area (Å²) in [5, 5.41) is 35.4. The lowest BCUT2D eigenvalue weighted by molar-refractivity contribution is 0.170. The number of benzene rings is 2. The number of pyridine rings is 1. The van der Waals surface area contributed by atoms with Crippen LogP contribution in [0.5, 0.6) is 5.75 Å². The normalized spacial score (nSPS) is 20.8. The molecule has 1 aliphatic heterocycles. The van der Waals surface area contributed by atoms with E-state index in [2.05, 4.69) is 34.7 Å². The van der Waals surface area contributed by atoms with Crippen LogP contribution >= 0.6 is 0 Å². The summed E-state index contributed by atoms with van der Waals surface area (Å²) in [5.41, 5.74) is 4.27. The van der Waals surface area contributed by atoms with E-state index in [1.54, 1.807) is 29.0 Å². The van der Waals surface area contributed by atoms with Crippen LogP contribution in [0.25, 0.3) is 0 Å². The fourth-order valence-electron chi connectivity index (χ4n) is 6.51. The maximum absolute atomic E-state index is 13.4. The molecule has 0 spiro atoms. The van der Waals surface area contributed by atoms with Crippen LogP contribution in [0.4, 0.5) is 10.5 Å². The Kier molecular flexibility index (Phi) is 9.96. The van der Waals surface area contributed by atoms with Gasteiger partial charge in [-0.25, -0.2) is 4.79 Å². The highest BCUT2D eigenvalue weighted by molar-refractivity contribution is 5.97. The summed E-state index contributed by atoms with van der Waals surface area (Å²) in [5.74, 6) is 1.39. The van der Waals surface area contributed by atoms with Gasteiger partial charge in [0.15, 0.2) is 0 Å². The molecule has 3 aromatic rings. The average Bonchev–Trinajstić information content (AvgIpc) is 3.31. The Hall–Kier alpha value is -4.70. The Morgan fingerprint density at radius 1 is 1.00 bits per heavy atom. The van der Waals surface area contributed by atoms with E-state index in [0.29, 0.717) is 36.0 Å². The Bertz CT molecular complexity index is 1770. The Balaban J connectivity index is 1.30. The minimum absolute atomic E-state index is 0.0701. The number of rotatable bonds is 8. The molecule has 0 unspecified atom stereocenters. The molecule has 1 aliphatic carbocycles. The zero-order valence-electron chi connectivity index (χ0n) is 29.2. The number of aromatic nitrogens is 1. The molecule has 1 saturated heterocycles. The third kappa shape index (κ3) is 8.23. The summed E-state index contributed by atoms with van der Waals surface area (Å²) in [7, 11) is 2.04. The lowest BCUT2D eigenvalue weighted by atomic mass is 9.85. The zero-order valence-corrected chi connectivity index (χ0v) is 29.2. The van der Waals surface area contributed by atoms with E-state index in [1.165, 1.54) is 0 Å². The van der Waals surface area contributed by atoms with Crippen molar-refractivity contribution in [2.75, 3.05) is 18.9 Å². The number of aryl methyl sites for hydroxylation is 1. The Labute approximate surface area is 284 Å². The molecule has 2 amide bonds. The maximum atomic E-state index is 13.4. The molecule has 0 radical (unpaired) electrons. The molecule has 48 heavy (non-hydrogen) atoms. The first-order valence-electron chi connectivity index (χ1n) is 16.6. The van der Waals surface area contributed by atoms with Gasteiger partial charge in [-0.1, -0.05) is 76.6 Å². The number of hydrogen-bond donors (Lipinski definition) is 6. The van der Waals surface area contributed by atoms with Gasteiger partial charge in [-0.05, 0) is 74.0 Å². The van der Waals surface area contributed by atoms with E-state index in [0.717, 1.165) is 35.3 Å². The molecule has 254 valence electrons. The summed E-state index contributed by atoms with van der Waals surface area (Å²) in [6.45, 7) is 13.2. The van der Waals surface area contributed by atoms with Gasteiger partial charge in [0.2, 0.25) is 0 Å². The van der Waals surface area contributed by atoms with Crippen LogP contribution < -0.4 is 26.2 Å². The quantitative estimate of drug-likeness (QED) is 0.114. The van der Waals surface area contributed by atoms with E-state index in [-0.39, 0.29) is 40.5 Å². The number of anilines is 1. The number of likely N-dealkylation sites (tertiary alicyclic amines) is 1. The number of hydrogen-bond acceptors (Lipinski definition) is 7. The molecule has 5 rings (SSSR count). The van der Waals surface area contributed by atoms with Gasteiger partial charge in [-0.2, -0.15) is 0 Å². The van der Waals surface area contributed by atoms with Crippen molar-refractivity contribution in [3.8, 4) is 5.75 Å². The molecule has 2 aliphatic rings. The predicted octanol–water partition coefficient (Wildman–Crippen LogP) is 7.11. The molecule has 10 heteroatoms. The summed E-state index contributed by atoms with van der Waals surface area (Å²) in [4.78, 5) is 15.6. The van der Waals surface area contributed by atoms with Crippen molar-refractivity contribution in [2.45, 2.75) is 79.0 Å². The summed E-state index contributed by atoms with van der Waals surface area (Å²) >= 11 is 0. The average molecular weight is 651 g/mol. The van der Waals surface area contributed by atoms with E-state index in [9.17, 15) is 4.79 Å². The predicted molar refractivity (Wildman–Crippen MR) is 192 cm³/mol. The number of nitrogens with zero attached hydrogens (tertiary/aromatic N) is 2. The number of ether oxygens (including phenoxy) is 1. The molecule has 1 fully saturated rings. The van der Waals surface area contributed by atoms with Gasteiger partial charge in [0, 0.05) is 29.4 Å². The Morgan fingerprint density at radius 3 is 2.33 bits per heavy atom. The van der Waals surface area contributed by atoms with Crippen molar-refractivity contribution in [1.82, 2.24) is 20.1 Å². The van der Waals surface area contributed by atoms with Crippen LogP contribution in [0, 0.1) is 34.0 Å². The second kappa shape index (κ2) is 13.8. The molecule has 0 bridgehead atoms. The van der Waals surface area contributed by atoms with Crippen LogP contribution in [-0.4, -0.2) is 46.7 Å². The third-order valence-corrected chi connectivity index (χ3v) is 9.15. The van der Waals surface area contributed by atoms with Gasteiger partial charge >= 0.3 is 6.03 Å². The highest BCUT2D eigenvalue weighted by Crippen LogP contribution is 2.39. The van der Waals surface area contributed by atoms with Crippen molar-refractivity contribution in [2.24, 2.45) is 10.8 Å². The van der Waals surface area contributed by atoms with Gasteiger partial charge < -0.3 is 20.8 Å². The number of likely N-dealkylation sites (N-methyl/N-ethyl adjacent to an activating group) is 1. The van der Waals surface area contributed by atoms with Crippen molar-refractivity contribution in [3.05, 3.63) is 101 Å². The standard InChI is InChI=1S/C38H50N8O2/c1-24-12-14-25(15-13-24)42-34(20-32(39)37(2,3)4)44-36(47)43-29-17-18-31(28-11-9-8-10-27(28)29)48-26-16-19-33(40)46(22-26)35(41)30-21-38(5,6)23-45(30)7/h8-16,19-20,22,29-31,39-42H,17-18,21,23H2,1-7H3,(H2,43,44,47)/b34-20+,39-32?,40-33?,41-35?/t29-,30-,31+/m0/s1. The van der Waals surface area contributed by atoms with E-state index in [4.69, 9.17) is 21.0 Å². The molecule has 10 nitrogen and oxygen atoms in total. The van der Waals surface area contributed by atoms with E-state index < -0.39 is 0 Å². The highest BCUT2D eigenvalue weighted by Gasteiger charge is 2.38. The van der Waals surface area contributed by atoms with Crippen LogP contribution in [0.3, 0.4) is 0 Å². The molecule has 6 N–H and O–H groups in total. The van der Waals surface area contributed by atoms with E-state index >= 15 is 0 Å². The summed E-state index contributed by atoms with van der Waals surface area (Å²) in [6.07, 6.45) is 5.36. The second-order valence-electron chi connectivity index (χ2n) is 15.0. The lowest BCUT2D eigenvalue weighted by Gasteiger charge is -2.32. The summed E-state index contributed by atoms with van der Waals surface area (Å²) in [6, 6.07) is 18.7. The largest absolute Gasteiger partial charge is 0.484 e. The van der Waals surface area contributed by atoms with Crippen molar-refractivity contribution >= 4 is 23.3 Å².